The Labute approximate surface area is 161 Å². The third-order valence-corrected chi connectivity index (χ3v) is 6.60. The average Bonchev–Trinajstić information content (AvgIpc) is 2.65. The van der Waals surface area contributed by atoms with Gasteiger partial charge in [0, 0.05) is 37.5 Å². The topological polar surface area (TPSA) is 95.9 Å². The molecule has 1 aliphatic heterocycles. The van der Waals surface area contributed by atoms with Crippen molar-refractivity contribution in [3.05, 3.63) is 0 Å². The van der Waals surface area contributed by atoms with Crippen molar-refractivity contribution in [1.82, 2.24) is 10.2 Å². The number of carboxylic acids is 1. The second-order valence-corrected chi connectivity index (χ2v) is 8.50. The van der Waals surface area contributed by atoms with Gasteiger partial charge in [0.15, 0.2) is 0 Å². The number of carbonyl (C=O) groups is 3. The van der Waals surface area contributed by atoms with Gasteiger partial charge in [-0.15, -0.1) is 0 Å². The molecule has 1 saturated carbocycles. The van der Waals surface area contributed by atoms with E-state index in [9.17, 15) is 19.5 Å². The predicted molar refractivity (Wildman–Crippen MR) is 101 cm³/mol. The zero-order valence-corrected chi connectivity index (χ0v) is 17.2. The van der Waals surface area contributed by atoms with Crippen LogP contribution >= 0.6 is 0 Å². The Kier molecular flexibility index (Phi) is 6.55. The number of carbonyl (C=O) groups excluding carboxylic acids is 2. The summed E-state index contributed by atoms with van der Waals surface area (Å²) in [6.45, 7) is 10.9. The molecule has 27 heavy (non-hydrogen) atoms. The molecule has 7 heteroatoms. The van der Waals surface area contributed by atoms with Gasteiger partial charge in [-0.2, -0.15) is 0 Å². The van der Waals surface area contributed by atoms with E-state index in [0.29, 0.717) is 26.1 Å². The molecule has 2 rings (SSSR count). The Morgan fingerprint density at radius 1 is 1.30 bits per heavy atom. The van der Waals surface area contributed by atoms with Gasteiger partial charge < -0.3 is 20.1 Å². The van der Waals surface area contributed by atoms with Crippen LogP contribution in [0.25, 0.3) is 0 Å². The van der Waals surface area contributed by atoms with E-state index in [4.69, 9.17) is 4.74 Å². The van der Waals surface area contributed by atoms with Crippen LogP contribution in [-0.4, -0.2) is 59.1 Å². The van der Waals surface area contributed by atoms with Crippen LogP contribution in [0.1, 0.15) is 60.3 Å². The Bertz CT molecular complexity index is 591. The van der Waals surface area contributed by atoms with Crippen LogP contribution in [0.2, 0.25) is 0 Å². The maximum Gasteiger partial charge on any atom is 0.330 e. The first-order chi connectivity index (χ1) is 12.6. The standard InChI is InChI=1S/C20H34N2O5/c1-6-13(3)17(24)22-10-8-9-14(12-22)16(23)21-20(18(25)26)11-15(27-7-2)19(20,4)5/h13-15H,6-12H2,1-5H3,(H,21,23)(H,25,26). The number of aliphatic carboxylic acids is 1. The maximum atomic E-state index is 12.9. The number of hydrogen-bond donors (Lipinski definition) is 2. The zero-order chi connectivity index (χ0) is 20.4. The smallest absolute Gasteiger partial charge is 0.330 e. The molecule has 0 aromatic carbocycles. The van der Waals surface area contributed by atoms with E-state index in [1.54, 1.807) is 4.90 Å². The van der Waals surface area contributed by atoms with Crippen LogP contribution in [-0.2, 0) is 19.1 Å². The summed E-state index contributed by atoms with van der Waals surface area (Å²) in [5.74, 6) is -1.66. The normalized spacial score (nSPS) is 30.9. The summed E-state index contributed by atoms with van der Waals surface area (Å²) in [4.78, 5) is 39.2. The van der Waals surface area contributed by atoms with Crippen LogP contribution in [0, 0.1) is 17.3 Å². The highest BCUT2D eigenvalue weighted by Gasteiger charge is 2.66. The predicted octanol–water partition coefficient (Wildman–Crippen LogP) is 2.05. The Balaban J connectivity index is 2.08. The fourth-order valence-corrected chi connectivity index (χ4v) is 4.23. The Morgan fingerprint density at radius 3 is 2.48 bits per heavy atom. The van der Waals surface area contributed by atoms with Crippen molar-refractivity contribution in [2.24, 2.45) is 17.3 Å². The fourth-order valence-electron chi connectivity index (χ4n) is 4.23. The van der Waals surface area contributed by atoms with Gasteiger partial charge in [-0.25, -0.2) is 4.79 Å². The summed E-state index contributed by atoms with van der Waals surface area (Å²) in [6.07, 6.45) is 2.25. The molecule has 2 fully saturated rings. The average molecular weight is 383 g/mol. The molecule has 0 aromatic rings. The molecule has 0 spiro atoms. The first-order valence-electron chi connectivity index (χ1n) is 10.1. The molecule has 7 nitrogen and oxygen atoms in total. The van der Waals surface area contributed by atoms with E-state index in [1.165, 1.54) is 0 Å². The van der Waals surface area contributed by atoms with Crippen molar-refractivity contribution in [2.75, 3.05) is 19.7 Å². The lowest BCUT2D eigenvalue weighted by molar-refractivity contribution is -0.195. The van der Waals surface area contributed by atoms with Crippen molar-refractivity contribution in [3.63, 3.8) is 0 Å². The number of piperidine rings is 1. The number of ether oxygens (including phenoxy) is 1. The van der Waals surface area contributed by atoms with E-state index in [2.05, 4.69) is 5.32 Å². The summed E-state index contributed by atoms with van der Waals surface area (Å²) < 4.78 is 5.65. The number of likely N-dealkylation sites (tertiary alicyclic amines) is 1. The van der Waals surface area contributed by atoms with E-state index < -0.39 is 16.9 Å². The van der Waals surface area contributed by atoms with Gasteiger partial charge in [0.05, 0.1) is 12.0 Å². The van der Waals surface area contributed by atoms with Crippen molar-refractivity contribution in [3.8, 4) is 0 Å². The highest BCUT2D eigenvalue weighted by Crippen LogP contribution is 2.51. The van der Waals surface area contributed by atoms with Crippen LogP contribution in [0.3, 0.4) is 0 Å². The summed E-state index contributed by atoms with van der Waals surface area (Å²) in [5.41, 5.74) is -2.03. The summed E-state index contributed by atoms with van der Waals surface area (Å²) >= 11 is 0. The van der Waals surface area contributed by atoms with Crippen LogP contribution in [0.4, 0.5) is 0 Å². The minimum Gasteiger partial charge on any atom is -0.479 e. The quantitative estimate of drug-likeness (QED) is 0.702. The van der Waals surface area contributed by atoms with Gasteiger partial charge in [0.2, 0.25) is 11.8 Å². The van der Waals surface area contributed by atoms with Gasteiger partial charge in [-0.05, 0) is 26.2 Å². The van der Waals surface area contributed by atoms with Crippen LogP contribution in [0.5, 0.6) is 0 Å². The minimum absolute atomic E-state index is 0.0605. The minimum atomic E-state index is -1.33. The number of rotatable bonds is 7. The van der Waals surface area contributed by atoms with E-state index in [0.717, 1.165) is 12.8 Å². The highest BCUT2D eigenvalue weighted by atomic mass is 16.5. The maximum absolute atomic E-state index is 12.9. The summed E-state index contributed by atoms with van der Waals surface area (Å²) in [6, 6.07) is 0. The molecule has 0 bridgehead atoms. The van der Waals surface area contributed by atoms with Crippen LogP contribution < -0.4 is 5.32 Å². The molecule has 2 N–H and O–H groups in total. The van der Waals surface area contributed by atoms with Crippen molar-refractivity contribution in [1.29, 1.82) is 0 Å². The molecular formula is C20H34N2O5. The zero-order valence-electron chi connectivity index (χ0n) is 17.2. The van der Waals surface area contributed by atoms with Gasteiger partial charge in [0.1, 0.15) is 5.54 Å². The first kappa shape index (κ1) is 21.7. The molecule has 4 unspecified atom stereocenters. The molecule has 2 aliphatic rings. The second-order valence-electron chi connectivity index (χ2n) is 8.50. The van der Waals surface area contributed by atoms with Crippen LogP contribution in [0.15, 0.2) is 0 Å². The third-order valence-electron chi connectivity index (χ3n) is 6.60. The number of nitrogens with zero attached hydrogens (tertiary/aromatic N) is 1. The molecule has 4 atom stereocenters. The molecule has 0 aromatic heterocycles. The SMILES string of the molecule is CCOC1CC(NC(=O)C2CCCN(C(=O)C(C)CC)C2)(C(=O)O)C1(C)C. The lowest BCUT2D eigenvalue weighted by Crippen LogP contribution is -2.76. The largest absolute Gasteiger partial charge is 0.479 e. The van der Waals surface area contributed by atoms with E-state index in [-0.39, 0.29) is 36.2 Å². The molecular weight excluding hydrogens is 348 g/mol. The highest BCUT2D eigenvalue weighted by molar-refractivity contribution is 5.90. The summed E-state index contributed by atoms with van der Waals surface area (Å²) in [7, 11) is 0. The number of hydrogen-bond acceptors (Lipinski definition) is 4. The van der Waals surface area contributed by atoms with Crippen molar-refractivity contribution in [2.45, 2.75) is 71.9 Å². The number of nitrogens with one attached hydrogen (secondary N) is 1. The monoisotopic (exact) mass is 382 g/mol. The molecule has 1 saturated heterocycles. The van der Waals surface area contributed by atoms with E-state index in [1.807, 2.05) is 34.6 Å². The molecule has 0 radical (unpaired) electrons. The number of carboxylic acid groups (broad SMARTS) is 1. The third kappa shape index (κ3) is 3.84. The van der Waals surface area contributed by atoms with E-state index >= 15 is 0 Å². The van der Waals surface area contributed by atoms with Gasteiger partial charge in [-0.1, -0.05) is 27.7 Å². The fraction of sp³-hybridized carbons (Fsp3) is 0.850. The lowest BCUT2D eigenvalue weighted by Gasteiger charge is -2.58. The molecule has 2 amide bonds. The first-order valence-corrected chi connectivity index (χ1v) is 10.1. The van der Waals surface area contributed by atoms with Crippen molar-refractivity contribution >= 4 is 17.8 Å². The number of amides is 2. The summed E-state index contributed by atoms with van der Waals surface area (Å²) in [5, 5.41) is 12.7. The van der Waals surface area contributed by atoms with Gasteiger partial charge >= 0.3 is 5.97 Å². The van der Waals surface area contributed by atoms with Gasteiger partial charge in [0.25, 0.3) is 0 Å². The Hall–Kier alpha value is -1.63. The Morgan fingerprint density at radius 2 is 1.96 bits per heavy atom. The van der Waals surface area contributed by atoms with Crippen molar-refractivity contribution < 1.29 is 24.2 Å². The lowest BCUT2D eigenvalue weighted by atomic mass is 9.54. The van der Waals surface area contributed by atoms with Gasteiger partial charge in [-0.3, -0.25) is 9.59 Å². The molecule has 154 valence electrons. The second kappa shape index (κ2) is 8.17. The molecule has 1 aliphatic carbocycles. The molecule has 1 heterocycles.